The Kier molecular flexibility index (Phi) is 4.29. The second-order valence-corrected chi connectivity index (χ2v) is 7.77. The molecule has 1 unspecified atom stereocenters. The standard InChI is InChI=1S/C20H27N3O2/c1-15(25)23-12-17(13-24)20(14-23)6-9-22(10-7-20)11-16-3-2-4-19-18(16)5-8-21-19/h2-5,8,17,21,24H,6-7,9-14H2,1H3. The zero-order valence-electron chi connectivity index (χ0n) is 14.9. The quantitative estimate of drug-likeness (QED) is 0.900. The molecule has 0 bridgehead atoms. The van der Waals surface area contributed by atoms with Crippen LogP contribution in [0.3, 0.4) is 0 Å². The van der Waals surface area contributed by atoms with E-state index in [-0.39, 0.29) is 23.8 Å². The number of aliphatic hydroxyl groups is 1. The SMILES string of the molecule is CC(=O)N1CC(CO)C2(CCN(Cc3cccc4[nH]ccc34)CC2)C1. The Balaban J connectivity index is 1.44. The van der Waals surface area contributed by atoms with Crippen LogP contribution in [-0.4, -0.2) is 58.6 Å². The zero-order valence-corrected chi connectivity index (χ0v) is 14.9. The molecule has 0 radical (unpaired) electrons. The van der Waals surface area contributed by atoms with Gasteiger partial charge < -0.3 is 15.0 Å². The van der Waals surface area contributed by atoms with Gasteiger partial charge in [-0.2, -0.15) is 0 Å². The van der Waals surface area contributed by atoms with E-state index < -0.39 is 0 Å². The summed E-state index contributed by atoms with van der Waals surface area (Å²) in [5.41, 5.74) is 2.67. The molecule has 1 aromatic carbocycles. The van der Waals surface area contributed by atoms with Crippen LogP contribution >= 0.6 is 0 Å². The van der Waals surface area contributed by atoms with Crippen molar-refractivity contribution in [2.24, 2.45) is 11.3 Å². The molecule has 134 valence electrons. The summed E-state index contributed by atoms with van der Waals surface area (Å²) in [5.74, 6) is 0.364. The van der Waals surface area contributed by atoms with Crippen LogP contribution in [0.4, 0.5) is 0 Å². The third-order valence-electron chi connectivity index (χ3n) is 6.41. The predicted octanol–water partition coefficient (Wildman–Crippen LogP) is 2.22. The fourth-order valence-electron chi connectivity index (χ4n) is 4.78. The van der Waals surface area contributed by atoms with Gasteiger partial charge in [0, 0.05) is 56.2 Å². The van der Waals surface area contributed by atoms with Crippen LogP contribution in [0.2, 0.25) is 0 Å². The van der Waals surface area contributed by atoms with Crippen LogP contribution in [0.25, 0.3) is 10.9 Å². The smallest absolute Gasteiger partial charge is 0.219 e. The van der Waals surface area contributed by atoms with E-state index in [4.69, 9.17) is 0 Å². The number of carbonyl (C=O) groups is 1. The van der Waals surface area contributed by atoms with Crippen molar-refractivity contribution < 1.29 is 9.90 Å². The van der Waals surface area contributed by atoms with Gasteiger partial charge in [0.25, 0.3) is 0 Å². The highest BCUT2D eigenvalue weighted by Gasteiger charge is 2.48. The van der Waals surface area contributed by atoms with Gasteiger partial charge in [0.15, 0.2) is 0 Å². The first-order valence-corrected chi connectivity index (χ1v) is 9.25. The third kappa shape index (κ3) is 2.96. The third-order valence-corrected chi connectivity index (χ3v) is 6.41. The number of fused-ring (bicyclic) bond motifs is 1. The summed E-state index contributed by atoms with van der Waals surface area (Å²) in [6, 6.07) is 8.59. The van der Waals surface area contributed by atoms with Gasteiger partial charge in [0.05, 0.1) is 0 Å². The molecule has 2 aromatic rings. The number of likely N-dealkylation sites (tertiary alicyclic amines) is 2. The molecular formula is C20H27N3O2. The number of nitrogens with one attached hydrogen (secondary N) is 1. The number of carbonyl (C=O) groups excluding carboxylic acids is 1. The molecule has 25 heavy (non-hydrogen) atoms. The lowest BCUT2D eigenvalue weighted by Crippen LogP contribution is -2.44. The second-order valence-electron chi connectivity index (χ2n) is 7.77. The van der Waals surface area contributed by atoms with Crippen LogP contribution in [0, 0.1) is 11.3 Å². The molecular weight excluding hydrogens is 314 g/mol. The van der Waals surface area contributed by atoms with E-state index >= 15 is 0 Å². The van der Waals surface area contributed by atoms with Gasteiger partial charge in [-0.1, -0.05) is 12.1 Å². The maximum absolute atomic E-state index is 11.8. The predicted molar refractivity (Wildman–Crippen MR) is 98.1 cm³/mol. The summed E-state index contributed by atoms with van der Waals surface area (Å²) < 4.78 is 0. The van der Waals surface area contributed by atoms with Crippen LogP contribution in [0.1, 0.15) is 25.3 Å². The molecule has 2 aliphatic rings. The monoisotopic (exact) mass is 341 g/mol. The van der Waals surface area contributed by atoms with Crippen LogP contribution in [0.5, 0.6) is 0 Å². The van der Waals surface area contributed by atoms with Crippen molar-refractivity contribution in [3.8, 4) is 0 Å². The number of H-pyrrole nitrogens is 1. The van der Waals surface area contributed by atoms with Gasteiger partial charge >= 0.3 is 0 Å². The van der Waals surface area contributed by atoms with Gasteiger partial charge in [0.2, 0.25) is 5.91 Å². The van der Waals surface area contributed by atoms with Crippen molar-refractivity contribution in [1.82, 2.24) is 14.8 Å². The van der Waals surface area contributed by atoms with E-state index in [1.54, 1.807) is 6.92 Å². The minimum Gasteiger partial charge on any atom is -0.396 e. The number of benzene rings is 1. The number of aromatic nitrogens is 1. The lowest BCUT2D eigenvalue weighted by molar-refractivity contribution is -0.128. The number of hydrogen-bond donors (Lipinski definition) is 2. The van der Waals surface area contributed by atoms with E-state index in [9.17, 15) is 9.90 Å². The minimum absolute atomic E-state index is 0.108. The van der Waals surface area contributed by atoms with Crippen LogP contribution < -0.4 is 0 Å². The van der Waals surface area contributed by atoms with Crippen molar-refractivity contribution in [2.45, 2.75) is 26.3 Å². The van der Waals surface area contributed by atoms with E-state index in [0.29, 0.717) is 6.54 Å². The molecule has 2 fully saturated rings. The molecule has 5 heteroatoms. The molecule has 1 spiro atoms. The van der Waals surface area contributed by atoms with Gasteiger partial charge in [-0.3, -0.25) is 9.69 Å². The average Bonchev–Trinajstić information content (AvgIpc) is 3.22. The first-order chi connectivity index (χ1) is 12.1. The molecule has 1 atom stereocenters. The molecule has 2 saturated heterocycles. The van der Waals surface area contributed by atoms with Crippen LogP contribution in [-0.2, 0) is 11.3 Å². The molecule has 5 nitrogen and oxygen atoms in total. The molecule has 3 heterocycles. The van der Waals surface area contributed by atoms with Crippen LogP contribution in [0.15, 0.2) is 30.5 Å². The summed E-state index contributed by atoms with van der Waals surface area (Å²) in [6.07, 6.45) is 4.12. The topological polar surface area (TPSA) is 59.6 Å². The molecule has 2 N–H and O–H groups in total. The van der Waals surface area contributed by atoms with Crippen molar-refractivity contribution in [3.05, 3.63) is 36.0 Å². The largest absolute Gasteiger partial charge is 0.396 e. The Morgan fingerprint density at radius 2 is 2.12 bits per heavy atom. The fraction of sp³-hybridized carbons (Fsp3) is 0.550. The highest BCUT2D eigenvalue weighted by molar-refractivity contribution is 5.82. The number of hydrogen-bond acceptors (Lipinski definition) is 3. The maximum atomic E-state index is 11.8. The van der Waals surface area contributed by atoms with Crippen molar-refractivity contribution in [1.29, 1.82) is 0 Å². The number of piperidine rings is 1. The van der Waals surface area contributed by atoms with E-state index in [0.717, 1.165) is 39.0 Å². The lowest BCUT2D eigenvalue weighted by Gasteiger charge is -2.42. The van der Waals surface area contributed by atoms with Crippen molar-refractivity contribution >= 4 is 16.8 Å². The molecule has 0 saturated carbocycles. The summed E-state index contributed by atoms with van der Waals surface area (Å²) >= 11 is 0. The highest BCUT2D eigenvalue weighted by atomic mass is 16.3. The summed E-state index contributed by atoms with van der Waals surface area (Å²) in [5, 5.41) is 11.1. The Hall–Kier alpha value is -1.85. The number of amides is 1. The Labute approximate surface area is 148 Å². The lowest BCUT2D eigenvalue weighted by atomic mass is 9.71. The van der Waals surface area contributed by atoms with Gasteiger partial charge in [-0.25, -0.2) is 0 Å². The van der Waals surface area contributed by atoms with Gasteiger partial charge in [-0.15, -0.1) is 0 Å². The number of rotatable bonds is 3. The maximum Gasteiger partial charge on any atom is 0.219 e. The summed E-state index contributed by atoms with van der Waals surface area (Å²) in [7, 11) is 0. The zero-order chi connectivity index (χ0) is 17.4. The molecule has 4 rings (SSSR count). The Morgan fingerprint density at radius 1 is 1.32 bits per heavy atom. The highest BCUT2D eigenvalue weighted by Crippen LogP contribution is 2.44. The second kappa shape index (κ2) is 6.46. The molecule has 0 aliphatic carbocycles. The minimum atomic E-state index is 0.108. The van der Waals surface area contributed by atoms with Gasteiger partial charge in [0.1, 0.15) is 0 Å². The molecule has 1 aromatic heterocycles. The molecule has 1 amide bonds. The first kappa shape index (κ1) is 16.6. The van der Waals surface area contributed by atoms with Gasteiger partial charge in [-0.05, 0) is 49.0 Å². The van der Waals surface area contributed by atoms with E-state index in [1.807, 2.05) is 11.1 Å². The number of aromatic amines is 1. The Morgan fingerprint density at radius 3 is 2.84 bits per heavy atom. The average molecular weight is 341 g/mol. The van der Waals surface area contributed by atoms with E-state index in [1.165, 1.54) is 16.5 Å². The normalized spacial score (nSPS) is 23.6. The molecule has 2 aliphatic heterocycles. The fourth-order valence-corrected chi connectivity index (χ4v) is 4.78. The summed E-state index contributed by atoms with van der Waals surface area (Å²) in [4.78, 5) is 19.5. The number of aliphatic hydroxyl groups excluding tert-OH is 1. The first-order valence-electron chi connectivity index (χ1n) is 9.25. The number of nitrogens with zero attached hydrogens (tertiary/aromatic N) is 2. The van der Waals surface area contributed by atoms with Crippen molar-refractivity contribution in [3.63, 3.8) is 0 Å². The summed E-state index contributed by atoms with van der Waals surface area (Å²) in [6.45, 7) is 6.38. The Bertz CT molecular complexity index is 761. The van der Waals surface area contributed by atoms with Crippen molar-refractivity contribution in [2.75, 3.05) is 32.8 Å². The van der Waals surface area contributed by atoms with E-state index in [2.05, 4.69) is 34.1 Å².